The summed E-state index contributed by atoms with van der Waals surface area (Å²) in [5.41, 5.74) is 1.10. The average molecular weight is 453 g/mol. The van der Waals surface area contributed by atoms with Crippen molar-refractivity contribution < 1.29 is 4.79 Å². The maximum atomic E-state index is 11.5. The van der Waals surface area contributed by atoms with Crippen LogP contribution in [0.15, 0.2) is 29.3 Å². The predicted molar refractivity (Wildman–Crippen MR) is 108 cm³/mol. The molecule has 1 amide bonds. The highest BCUT2D eigenvalue weighted by Gasteiger charge is 2.04. The maximum Gasteiger partial charge on any atom is 0.221 e. The van der Waals surface area contributed by atoms with Crippen LogP contribution in [0.25, 0.3) is 0 Å². The van der Waals surface area contributed by atoms with E-state index in [9.17, 15) is 4.79 Å². The van der Waals surface area contributed by atoms with Crippen LogP contribution in [0.5, 0.6) is 0 Å². The quantitative estimate of drug-likeness (QED) is 0.338. The zero-order valence-electron chi connectivity index (χ0n) is 13.9. The fourth-order valence-electron chi connectivity index (χ4n) is 1.93. The van der Waals surface area contributed by atoms with E-state index in [2.05, 4.69) is 20.9 Å². The van der Waals surface area contributed by atoms with Crippen molar-refractivity contribution in [1.82, 2.24) is 16.0 Å². The van der Waals surface area contributed by atoms with Gasteiger partial charge in [0.05, 0.1) is 0 Å². The van der Waals surface area contributed by atoms with E-state index in [0.29, 0.717) is 18.9 Å². The van der Waals surface area contributed by atoms with Gasteiger partial charge in [-0.1, -0.05) is 29.8 Å². The molecule has 0 spiro atoms. The van der Waals surface area contributed by atoms with E-state index < -0.39 is 0 Å². The summed E-state index contributed by atoms with van der Waals surface area (Å²) in [6.07, 6.45) is 1.23. The van der Waals surface area contributed by atoms with Gasteiger partial charge in [-0.15, -0.1) is 24.0 Å². The van der Waals surface area contributed by atoms with Crippen molar-refractivity contribution in [1.29, 1.82) is 0 Å². The molecule has 0 aliphatic heterocycles. The Balaban J connectivity index is 0.00000484. The molecule has 0 aromatic heterocycles. The number of nitrogens with one attached hydrogen (secondary N) is 3. The summed E-state index contributed by atoms with van der Waals surface area (Å²) in [4.78, 5) is 15.7. The third-order valence-corrected chi connectivity index (χ3v) is 3.33. The average Bonchev–Trinajstić information content (AvgIpc) is 2.46. The molecule has 0 fully saturated rings. The molecule has 3 N–H and O–H groups in total. The van der Waals surface area contributed by atoms with Crippen LogP contribution in [0, 0.1) is 0 Å². The van der Waals surface area contributed by atoms with Crippen molar-refractivity contribution >= 4 is 47.4 Å². The first-order chi connectivity index (χ1) is 10.5. The smallest absolute Gasteiger partial charge is 0.221 e. The van der Waals surface area contributed by atoms with E-state index in [4.69, 9.17) is 11.6 Å². The number of rotatable bonds is 7. The summed E-state index contributed by atoms with van der Waals surface area (Å²) >= 11 is 6.12. The molecule has 0 heterocycles. The van der Waals surface area contributed by atoms with Crippen LogP contribution in [0.3, 0.4) is 0 Å². The van der Waals surface area contributed by atoms with E-state index >= 15 is 0 Å². The van der Waals surface area contributed by atoms with Gasteiger partial charge < -0.3 is 16.0 Å². The normalized spacial score (nSPS) is 10.9. The maximum absolute atomic E-state index is 11.5. The molecule has 0 radical (unpaired) electrons. The van der Waals surface area contributed by atoms with E-state index in [1.54, 1.807) is 7.05 Å². The number of benzene rings is 1. The standard InChI is InChI=1S/C16H25ClN4O.HI/c1-12(2)21-15(22)9-11-20-16(18-3)19-10-8-13-6-4-5-7-14(13)17;/h4-7,12H,8-11H2,1-3H3,(H,21,22)(H2,18,19,20);1H. The Morgan fingerprint density at radius 1 is 1.22 bits per heavy atom. The number of carbonyl (C=O) groups is 1. The Bertz CT molecular complexity index is 509. The molecule has 0 saturated carbocycles. The molecule has 23 heavy (non-hydrogen) atoms. The van der Waals surface area contributed by atoms with Crippen molar-refractivity contribution in [3.63, 3.8) is 0 Å². The summed E-state index contributed by atoms with van der Waals surface area (Å²) in [5.74, 6) is 0.721. The monoisotopic (exact) mass is 452 g/mol. The number of aliphatic imine (C=N–C) groups is 1. The molecule has 0 atom stereocenters. The van der Waals surface area contributed by atoms with Gasteiger partial charge in [0.2, 0.25) is 5.91 Å². The summed E-state index contributed by atoms with van der Waals surface area (Å²) in [7, 11) is 1.71. The number of amides is 1. The zero-order valence-corrected chi connectivity index (χ0v) is 16.9. The lowest BCUT2D eigenvalue weighted by Crippen LogP contribution is -2.40. The molecule has 0 aliphatic carbocycles. The van der Waals surface area contributed by atoms with E-state index in [1.807, 2.05) is 38.1 Å². The van der Waals surface area contributed by atoms with Crippen LogP contribution in [0.4, 0.5) is 0 Å². The van der Waals surface area contributed by atoms with Crippen molar-refractivity contribution in [2.75, 3.05) is 20.1 Å². The molecule has 1 rings (SSSR count). The van der Waals surface area contributed by atoms with Gasteiger partial charge in [-0.25, -0.2) is 0 Å². The first-order valence-electron chi connectivity index (χ1n) is 7.50. The van der Waals surface area contributed by atoms with Crippen LogP contribution in [0.1, 0.15) is 25.8 Å². The second-order valence-electron chi connectivity index (χ2n) is 5.24. The van der Waals surface area contributed by atoms with Crippen LogP contribution < -0.4 is 16.0 Å². The Kier molecular flexibility index (Phi) is 11.9. The summed E-state index contributed by atoms with van der Waals surface area (Å²) in [6.45, 7) is 5.16. The Hall–Kier alpha value is -1.02. The molecular formula is C16H26ClIN4O. The molecule has 0 aliphatic rings. The van der Waals surface area contributed by atoms with Crippen molar-refractivity contribution in [3.8, 4) is 0 Å². The van der Waals surface area contributed by atoms with Crippen LogP contribution >= 0.6 is 35.6 Å². The fraction of sp³-hybridized carbons (Fsp3) is 0.500. The highest BCUT2D eigenvalue weighted by Crippen LogP contribution is 2.14. The Morgan fingerprint density at radius 2 is 1.87 bits per heavy atom. The number of nitrogens with zero attached hydrogens (tertiary/aromatic N) is 1. The van der Waals surface area contributed by atoms with E-state index in [1.165, 1.54) is 0 Å². The molecule has 0 bridgehead atoms. The second-order valence-corrected chi connectivity index (χ2v) is 5.65. The van der Waals surface area contributed by atoms with Crippen molar-refractivity contribution in [2.24, 2.45) is 4.99 Å². The number of carbonyl (C=O) groups excluding carboxylic acids is 1. The lowest BCUT2D eigenvalue weighted by molar-refractivity contribution is -0.121. The van der Waals surface area contributed by atoms with E-state index in [-0.39, 0.29) is 35.9 Å². The van der Waals surface area contributed by atoms with Gasteiger partial charge in [-0.05, 0) is 31.9 Å². The minimum absolute atomic E-state index is 0. The van der Waals surface area contributed by atoms with Gasteiger partial charge in [0.25, 0.3) is 0 Å². The lowest BCUT2D eigenvalue weighted by atomic mass is 10.1. The first-order valence-corrected chi connectivity index (χ1v) is 7.88. The number of halogens is 2. The first kappa shape index (κ1) is 22.0. The summed E-state index contributed by atoms with van der Waals surface area (Å²) in [6, 6.07) is 7.96. The molecule has 0 unspecified atom stereocenters. The molecule has 0 saturated heterocycles. The van der Waals surface area contributed by atoms with Gasteiger partial charge >= 0.3 is 0 Å². The topological polar surface area (TPSA) is 65.5 Å². The third-order valence-electron chi connectivity index (χ3n) is 2.96. The van der Waals surface area contributed by atoms with Crippen LogP contribution in [-0.4, -0.2) is 38.0 Å². The second kappa shape index (κ2) is 12.4. The van der Waals surface area contributed by atoms with Crippen LogP contribution in [-0.2, 0) is 11.2 Å². The SMILES string of the molecule is CN=C(NCCC(=O)NC(C)C)NCCc1ccccc1Cl.I. The molecule has 5 nitrogen and oxygen atoms in total. The summed E-state index contributed by atoms with van der Waals surface area (Å²) < 4.78 is 0. The highest BCUT2D eigenvalue weighted by atomic mass is 127. The Morgan fingerprint density at radius 3 is 2.48 bits per heavy atom. The number of guanidine groups is 1. The van der Waals surface area contributed by atoms with Gasteiger partial charge in [0.15, 0.2) is 5.96 Å². The molecule has 1 aromatic rings. The highest BCUT2D eigenvalue weighted by molar-refractivity contribution is 14.0. The lowest BCUT2D eigenvalue weighted by Gasteiger charge is -2.13. The van der Waals surface area contributed by atoms with Gasteiger partial charge in [0.1, 0.15) is 0 Å². The van der Waals surface area contributed by atoms with E-state index in [0.717, 1.165) is 23.6 Å². The number of hydrogen-bond donors (Lipinski definition) is 3. The minimum Gasteiger partial charge on any atom is -0.356 e. The number of hydrogen-bond acceptors (Lipinski definition) is 2. The predicted octanol–water partition coefficient (Wildman–Crippen LogP) is 2.58. The third kappa shape index (κ3) is 9.65. The Labute approximate surface area is 160 Å². The molecule has 1 aromatic carbocycles. The summed E-state index contributed by atoms with van der Waals surface area (Å²) in [5, 5.41) is 9.95. The van der Waals surface area contributed by atoms with Crippen molar-refractivity contribution in [3.05, 3.63) is 34.9 Å². The van der Waals surface area contributed by atoms with Crippen LogP contribution in [0.2, 0.25) is 5.02 Å². The molecule has 130 valence electrons. The minimum atomic E-state index is 0. The molecule has 7 heteroatoms. The molecular weight excluding hydrogens is 427 g/mol. The van der Waals surface area contributed by atoms with Gasteiger partial charge in [0, 0.05) is 37.6 Å². The van der Waals surface area contributed by atoms with Crippen molar-refractivity contribution in [2.45, 2.75) is 32.7 Å². The van der Waals surface area contributed by atoms with Gasteiger partial charge in [-0.2, -0.15) is 0 Å². The zero-order chi connectivity index (χ0) is 16.4. The fourth-order valence-corrected chi connectivity index (χ4v) is 2.16. The van der Waals surface area contributed by atoms with Gasteiger partial charge in [-0.3, -0.25) is 9.79 Å². The largest absolute Gasteiger partial charge is 0.356 e.